The van der Waals surface area contributed by atoms with Gasteiger partial charge >= 0.3 is 0 Å². The summed E-state index contributed by atoms with van der Waals surface area (Å²) in [6.45, 7) is 68.3. The highest BCUT2D eigenvalue weighted by Crippen LogP contribution is 2.46. The normalized spacial score (nSPS) is 22.3. The quantitative estimate of drug-likeness (QED) is 0.0397. The molecule has 5 aliphatic rings. The predicted molar refractivity (Wildman–Crippen MR) is 459 cm³/mol. The van der Waals surface area contributed by atoms with E-state index in [1.54, 1.807) is 0 Å². The minimum Gasteiger partial charge on any atom is -0.395 e. The number of unbranched alkanes of at least 4 members (excludes halogenated alkanes) is 14. The minimum absolute atomic E-state index is 0.0231. The minimum atomic E-state index is -0.108. The fourth-order valence-corrected chi connectivity index (χ4v) is 21.0. The van der Waals surface area contributed by atoms with Gasteiger partial charge < -0.3 is 50.7 Å². The third kappa shape index (κ3) is 26.6. The highest BCUT2D eigenvalue weighted by molar-refractivity contribution is 5.50. The zero-order valence-electron chi connectivity index (χ0n) is 74.8. The van der Waals surface area contributed by atoms with E-state index < -0.39 is 0 Å². The molecule has 5 N–H and O–H groups in total. The van der Waals surface area contributed by atoms with Crippen LogP contribution in [0, 0.1) is 0 Å². The van der Waals surface area contributed by atoms with E-state index in [4.69, 9.17) is 29.9 Å². The summed E-state index contributed by atoms with van der Waals surface area (Å²) in [6.07, 6.45) is 34.4. The third-order valence-corrected chi connectivity index (χ3v) is 25.4. The van der Waals surface area contributed by atoms with E-state index in [2.05, 4.69) is 242 Å². The molecule has 0 aromatic carbocycles. The number of hydrogen-bond donors (Lipinski definition) is 5. The molecule has 0 aliphatic carbocycles. The molecule has 620 valence electrons. The van der Waals surface area contributed by atoms with Crippen LogP contribution in [0.3, 0.4) is 0 Å². The van der Waals surface area contributed by atoms with E-state index in [9.17, 15) is 10.2 Å². The van der Waals surface area contributed by atoms with Gasteiger partial charge in [0.05, 0.1) is 13.2 Å². The first-order valence-electron chi connectivity index (χ1n) is 44.2. The second-order valence-corrected chi connectivity index (χ2v) is 40.6. The van der Waals surface area contributed by atoms with Crippen molar-refractivity contribution in [3.05, 3.63) is 0 Å². The molecule has 0 atom stereocenters. The molecule has 0 spiro atoms. The van der Waals surface area contributed by atoms with Crippen molar-refractivity contribution in [2.75, 3.05) is 102 Å². The van der Waals surface area contributed by atoms with Gasteiger partial charge in [0, 0.05) is 138 Å². The molecule has 5 saturated heterocycles. The summed E-state index contributed by atoms with van der Waals surface area (Å²) in [6, 6.07) is 1.50. The Kier molecular flexibility index (Phi) is 34.6. The Morgan fingerprint density at radius 3 is 0.822 bits per heavy atom. The van der Waals surface area contributed by atoms with Gasteiger partial charge in [0.25, 0.3) is 0 Å². The average Bonchev–Trinajstić information content (AvgIpc) is 0.749. The van der Waals surface area contributed by atoms with Crippen molar-refractivity contribution >= 4 is 35.7 Å². The number of aromatic nitrogens is 6. The first-order chi connectivity index (χ1) is 50.0. The molecule has 2 aromatic rings. The molecular formula is C88H171N17O2. The molecular weight excluding hydrogens is 1330 g/mol. The lowest BCUT2D eigenvalue weighted by Crippen LogP contribution is -2.65. The van der Waals surface area contributed by atoms with Gasteiger partial charge in [-0.25, -0.2) is 0 Å². The predicted octanol–water partition coefficient (Wildman–Crippen LogP) is 18.4. The van der Waals surface area contributed by atoms with Crippen molar-refractivity contribution in [1.29, 1.82) is 0 Å². The Bertz CT molecular complexity index is 2670. The van der Waals surface area contributed by atoms with E-state index in [1.807, 2.05) is 0 Å². The van der Waals surface area contributed by atoms with Crippen LogP contribution in [0.15, 0.2) is 0 Å². The van der Waals surface area contributed by atoms with Crippen molar-refractivity contribution in [3.63, 3.8) is 0 Å². The van der Waals surface area contributed by atoms with E-state index >= 15 is 0 Å². The summed E-state index contributed by atoms with van der Waals surface area (Å²) in [7, 11) is 2.30. The highest BCUT2D eigenvalue weighted by Gasteiger charge is 2.51. The molecule has 0 amide bonds. The number of β-amino-alcohol motifs (C(OH)–C–C–N with tert-alkyl or cyclic N) is 2. The highest BCUT2D eigenvalue weighted by atomic mass is 16.3. The molecule has 7 heterocycles. The molecule has 2 aromatic heterocycles. The van der Waals surface area contributed by atoms with Gasteiger partial charge in [-0.3, -0.25) is 14.7 Å². The Hall–Kier alpha value is -3.46. The van der Waals surface area contributed by atoms with Crippen LogP contribution >= 0.6 is 0 Å². The van der Waals surface area contributed by atoms with Gasteiger partial charge in [0.1, 0.15) is 0 Å². The van der Waals surface area contributed by atoms with Crippen molar-refractivity contribution in [3.8, 4) is 0 Å². The molecule has 19 heteroatoms. The van der Waals surface area contributed by atoms with Crippen LogP contribution in [-0.2, 0) is 0 Å². The van der Waals surface area contributed by atoms with Crippen molar-refractivity contribution in [2.45, 2.75) is 458 Å². The molecule has 0 unspecified atom stereocenters. The number of nitrogens with one attached hydrogen (secondary N) is 3. The monoisotopic (exact) mass is 1500 g/mol. The largest absolute Gasteiger partial charge is 0.395 e. The molecule has 0 saturated carbocycles. The van der Waals surface area contributed by atoms with Crippen LogP contribution in [0.4, 0.5) is 35.7 Å². The second-order valence-electron chi connectivity index (χ2n) is 40.6. The summed E-state index contributed by atoms with van der Waals surface area (Å²) in [5, 5.41) is 31.8. The smallest absolute Gasteiger partial charge is 0.232 e. The number of anilines is 6. The molecule has 0 radical (unpaired) electrons. The Labute approximate surface area is 658 Å². The summed E-state index contributed by atoms with van der Waals surface area (Å²) >= 11 is 0. The maximum absolute atomic E-state index is 10.1. The number of rotatable bonds is 41. The molecule has 5 aliphatic heterocycles. The molecule has 7 rings (SSSR count). The van der Waals surface area contributed by atoms with Gasteiger partial charge in [-0.1, -0.05) is 131 Å². The van der Waals surface area contributed by atoms with E-state index in [1.165, 1.54) is 77.0 Å². The van der Waals surface area contributed by atoms with Gasteiger partial charge in [0.2, 0.25) is 35.7 Å². The second kappa shape index (κ2) is 40.0. The fraction of sp³-hybridized carbons (Fsp3) is 0.932. The maximum atomic E-state index is 10.1. The zero-order valence-corrected chi connectivity index (χ0v) is 74.8. The Morgan fingerprint density at radius 1 is 0.318 bits per heavy atom. The third-order valence-electron chi connectivity index (χ3n) is 25.4. The maximum Gasteiger partial charge on any atom is 0.232 e. The van der Waals surface area contributed by atoms with Crippen LogP contribution in [0.25, 0.3) is 0 Å². The number of piperidine rings is 5. The summed E-state index contributed by atoms with van der Waals surface area (Å²) in [5.41, 5.74) is -0.217. The van der Waals surface area contributed by atoms with E-state index in [0.29, 0.717) is 31.2 Å². The van der Waals surface area contributed by atoms with Gasteiger partial charge in [-0.2, -0.15) is 29.9 Å². The number of aliphatic hydroxyl groups is 2. The first-order valence-corrected chi connectivity index (χ1v) is 44.2. The number of likely N-dealkylation sites (tertiary alicyclic amines) is 3. The summed E-state index contributed by atoms with van der Waals surface area (Å²) in [5.74, 6) is 4.98. The van der Waals surface area contributed by atoms with Crippen molar-refractivity contribution in [1.82, 2.24) is 55.2 Å². The molecule has 0 bridgehead atoms. The topological polar surface area (TPSA) is 180 Å². The average molecular weight is 1500 g/mol. The van der Waals surface area contributed by atoms with Crippen LogP contribution in [0.2, 0.25) is 0 Å². The van der Waals surface area contributed by atoms with Crippen LogP contribution < -0.4 is 40.4 Å². The van der Waals surface area contributed by atoms with Crippen molar-refractivity contribution in [2.24, 2.45) is 0 Å². The van der Waals surface area contributed by atoms with Gasteiger partial charge in [0.15, 0.2) is 0 Å². The van der Waals surface area contributed by atoms with Crippen LogP contribution in [0.5, 0.6) is 0 Å². The van der Waals surface area contributed by atoms with Gasteiger partial charge in [-0.15, -0.1) is 0 Å². The Balaban J connectivity index is 0.000000340. The SMILES string of the molecule is CCCCCCCCN(c1nc(NCCCC)nc(N(CCCCCCCC)C2CC(C)(C)NC(C)(C)C2)n1)C1CC(C)(C)NC(C)(C)C1.CCCCN(c1nc(N(CCCC)C2CC(C)(C)N(CCO)C(C)(C)C2)nc(N(CCCC)C2CC(C)(C)N(CCO)C(C)(C)C2)n1)C1CC(C)(C)N(C)C(C)(C)C1. The Morgan fingerprint density at radius 2 is 0.551 bits per heavy atom. The van der Waals surface area contributed by atoms with Crippen LogP contribution in [0.1, 0.15) is 373 Å². The molecule has 107 heavy (non-hydrogen) atoms. The lowest BCUT2D eigenvalue weighted by Gasteiger charge is -2.57. The van der Waals surface area contributed by atoms with E-state index in [-0.39, 0.29) is 80.7 Å². The number of aliphatic hydroxyl groups excluding tert-OH is 2. The molecule has 19 nitrogen and oxygen atoms in total. The number of hydrogen-bond acceptors (Lipinski definition) is 19. The van der Waals surface area contributed by atoms with Crippen molar-refractivity contribution < 1.29 is 10.2 Å². The van der Waals surface area contributed by atoms with E-state index in [0.717, 1.165) is 191 Å². The number of nitrogens with zero attached hydrogens (tertiary/aromatic N) is 14. The lowest BCUT2D eigenvalue weighted by molar-refractivity contribution is -0.0449. The fourth-order valence-electron chi connectivity index (χ4n) is 21.0. The first kappa shape index (κ1) is 92.4. The summed E-state index contributed by atoms with van der Waals surface area (Å²) in [4.78, 5) is 53.6. The van der Waals surface area contributed by atoms with Gasteiger partial charge in [-0.05, 0) is 248 Å². The van der Waals surface area contributed by atoms with Crippen LogP contribution in [-0.4, -0.2) is 213 Å². The standard InChI is InChI=1S/C47H91N9O2.C41H80N8/c1-17-20-23-52(36-30-42(4,5)51(16)43(6,7)31-36)39-48-40(53(24-21-18-2)37-32-44(8,9)55(26-28-57)45(10,11)33-37)50-41(49-39)54(25-22-19-3)38-34-46(12,13)56(27-29-58)47(14,15)35-38;1-12-15-18-20-22-24-27-48(33-29-38(4,5)46-39(6,7)30-33)36-43-35(42-26-17-14-3)44-37(45-36)49(28-25-23-21-19-16-13-2)34-31-40(8,9)47-41(10,11)32-34/h36-38,57-58H,17-35H2,1-16H3;33-34,46-47H,12-32H2,1-11H3,(H,42,43,44,45). The molecule has 5 fully saturated rings. The summed E-state index contributed by atoms with van der Waals surface area (Å²) < 4.78 is 0. The zero-order chi connectivity index (χ0) is 79.6. The lowest BCUT2D eigenvalue weighted by atomic mass is 9.76.